The first-order valence-electron chi connectivity index (χ1n) is 8.44. The van der Waals surface area contributed by atoms with Crippen LogP contribution in [-0.2, 0) is 19.2 Å². The number of amides is 3. The summed E-state index contributed by atoms with van der Waals surface area (Å²) >= 11 is 4.20. The van der Waals surface area contributed by atoms with Gasteiger partial charge in [0.25, 0.3) is 0 Å². The van der Waals surface area contributed by atoms with Crippen molar-refractivity contribution < 1.29 is 19.2 Å². The number of hydrogen-bond donors (Lipinski definition) is 1. The third-order valence-corrected chi connectivity index (χ3v) is 5.15. The van der Waals surface area contributed by atoms with E-state index in [0.717, 1.165) is 0 Å². The Hall–Kier alpha value is -1.61. The second kappa shape index (κ2) is 10.5. The number of thiol groups is 1. The van der Waals surface area contributed by atoms with Gasteiger partial charge in [0.15, 0.2) is 0 Å². The van der Waals surface area contributed by atoms with E-state index in [0.29, 0.717) is 12.0 Å². The van der Waals surface area contributed by atoms with Crippen molar-refractivity contribution in [1.29, 1.82) is 0 Å². The lowest BCUT2D eigenvalue weighted by Gasteiger charge is -2.35. The molecule has 3 amide bonds. The quantitative estimate of drug-likeness (QED) is 0.429. The van der Waals surface area contributed by atoms with Crippen LogP contribution in [0.2, 0.25) is 0 Å². The van der Waals surface area contributed by atoms with Crippen molar-refractivity contribution in [3.05, 3.63) is 0 Å². The lowest BCUT2D eigenvalue weighted by molar-refractivity contribution is -0.150. The number of carbonyl (C=O) groups excluding carboxylic acids is 4. The van der Waals surface area contributed by atoms with E-state index in [9.17, 15) is 19.2 Å². The molecule has 150 valence electrons. The maximum atomic E-state index is 12.7. The van der Waals surface area contributed by atoms with E-state index in [1.54, 1.807) is 46.8 Å². The number of likely N-dealkylation sites (N-methyl/N-ethyl adjacent to an activating group) is 4. The van der Waals surface area contributed by atoms with Crippen LogP contribution in [0, 0.1) is 0 Å². The van der Waals surface area contributed by atoms with Gasteiger partial charge in [-0.3, -0.25) is 19.3 Å². The standard InChI is InChI=1S/C17H32N4O4S/c1-11(9-22)19(6)15(23)12(2)20(7)16(24)13(3)21(8)17(25)14(10-26)18(4)5/h9,11-14,26H,10H2,1-8H3. The second-order valence-electron chi connectivity index (χ2n) is 6.74. The largest absolute Gasteiger partial charge is 0.335 e. The number of hydrogen-bond acceptors (Lipinski definition) is 6. The lowest BCUT2D eigenvalue weighted by atomic mass is 10.1. The summed E-state index contributed by atoms with van der Waals surface area (Å²) in [4.78, 5) is 54.3. The van der Waals surface area contributed by atoms with Crippen LogP contribution in [0.25, 0.3) is 0 Å². The Morgan fingerprint density at radius 3 is 1.54 bits per heavy atom. The molecule has 0 aliphatic rings. The fourth-order valence-corrected chi connectivity index (χ4v) is 2.77. The molecular formula is C17H32N4O4S. The van der Waals surface area contributed by atoms with E-state index in [4.69, 9.17) is 0 Å². The molecule has 0 fully saturated rings. The molecule has 0 saturated carbocycles. The van der Waals surface area contributed by atoms with E-state index in [2.05, 4.69) is 12.6 Å². The summed E-state index contributed by atoms with van der Waals surface area (Å²) < 4.78 is 0. The van der Waals surface area contributed by atoms with Crippen LogP contribution in [0.15, 0.2) is 0 Å². The summed E-state index contributed by atoms with van der Waals surface area (Å²) in [6.07, 6.45) is 0.667. The molecule has 0 bridgehead atoms. The average molecular weight is 389 g/mol. The van der Waals surface area contributed by atoms with Crippen LogP contribution in [0.3, 0.4) is 0 Å². The molecule has 4 unspecified atom stereocenters. The number of carbonyl (C=O) groups is 4. The van der Waals surface area contributed by atoms with Crippen LogP contribution < -0.4 is 0 Å². The molecule has 0 aromatic carbocycles. The molecule has 0 aromatic rings. The maximum Gasteiger partial charge on any atom is 0.245 e. The zero-order valence-electron chi connectivity index (χ0n) is 17.0. The zero-order valence-corrected chi connectivity index (χ0v) is 17.9. The van der Waals surface area contributed by atoms with E-state index >= 15 is 0 Å². The number of nitrogens with zero attached hydrogens (tertiary/aromatic N) is 4. The summed E-state index contributed by atoms with van der Waals surface area (Å²) in [6, 6.07) is -2.51. The molecule has 0 spiro atoms. The molecule has 0 aromatic heterocycles. The highest BCUT2D eigenvalue weighted by Crippen LogP contribution is 2.11. The molecule has 0 aliphatic carbocycles. The highest BCUT2D eigenvalue weighted by Gasteiger charge is 2.34. The summed E-state index contributed by atoms with van der Waals surface area (Å²) in [5.74, 6) is -0.588. The van der Waals surface area contributed by atoms with Gasteiger partial charge < -0.3 is 19.5 Å². The molecule has 0 saturated heterocycles. The molecule has 0 aliphatic heterocycles. The van der Waals surface area contributed by atoms with Crippen LogP contribution in [0.1, 0.15) is 20.8 Å². The molecular weight excluding hydrogens is 356 g/mol. The minimum Gasteiger partial charge on any atom is -0.335 e. The third-order valence-electron chi connectivity index (χ3n) is 4.81. The van der Waals surface area contributed by atoms with Crippen molar-refractivity contribution in [1.82, 2.24) is 19.6 Å². The van der Waals surface area contributed by atoms with Gasteiger partial charge in [-0.15, -0.1) is 0 Å². The van der Waals surface area contributed by atoms with Crippen LogP contribution in [0.4, 0.5) is 0 Å². The van der Waals surface area contributed by atoms with Gasteiger partial charge in [0.05, 0.1) is 12.1 Å². The van der Waals surface area contributed by atoms with Crippen molar-refractivity contribution >= 4 is 36.6 Å². The summed E-state index contributed by atoms with van der Waals surface area (Å²) in [7, 11) is 8.14. The number of rotatable bonds is 9. The van der Waals surface area contributed by atoms with Gasteiger partial charge in [-0.05, 0) is 34.9 Å². The fraction of sp³-hybridized carbons (Fsp3) is 0.765. The van der Waals surface area contributed by atoms with Crippen molar-refractivity contribution in [2.45, 2.75) is 44.9 Å². The van der Waals surface area contributed by atoms with Gasteiger partial charge in [-0.25, -0.2) is 0 Å². The Labute approximate surface area is 161 Å². The van der Waals surface area contributed by atoms with Gasteiger partial charge >= 0.3 is 0 Å². The predicted octanol–water partition coefficient (Wildman–Crippen LogP) is -0.414. The molecule has 0 radical (unpaired) electrons. The van der Waals surface area contributed by atoms with Gasteiger partial charge in [0, 0.05) is 26.9 Å². The van der Waals surface area contributed by atoms with E-state index < -0.39 is 24.2 Å². The van der Waals surface area contributed by atoms with Crippen molar-refractivity contribution in [3.8, 4) is 0 Å². The maximum absolute atomic E-state index is 12.7. The zero-order chi connectivity index (χ0) is 20.8. The van der Waals surface area contributed by atoms with Crippen LogP contribution >= 0.6 is 12.6 Å². The fourth-order valence-electron chi connectivity index (χ4n) is 2.29. The van der Waals surface area contributed by atoms with E-state index in [-0.39, 0.29) is 17.7 Å². The smallest absolute Gasteiger partial charge is 0.245 e. The van der Waals surface area contributed by atoms with Gasteiger partial charge in [-0.2, -0.15) is 12.6 Å². The summed E-state index contributed by atoms with van der Waals surface area (Å²) in [5.41, 5.74) is 0. The Bertz CT molecular complexity index is 529. The monoisotopic (exact) mass is 388 g/mol. The normalized spacial score (nSPS) is 15.6. The average Bonchev–Trinajstić information content (AvgIpc) is 2.62. The molecule has 9 heteroatoms. The van der Waals surface area contributed by atoms with E-state index in [1.807, 2.05) is 0 Å². The molecule has 0 N–H and O–H groups in total. The molecule has 8 nitrogen and oxygen atoms in total. The predicted molar refractivity (Wildman–Crippen MR) is 104 cm³/mol. The summed E-state index contributed by atoms with van der Waals surface area (Å²) in [5, 5.41) is 0. The van der Waals surface area contributed by atoms with Gasteiger partial charge in [0.1, 0.15) is 18.4 Å². The summed E-state index contributed by atoms with van der Waals surface area (Å²) in [6.45, 7) is 4.82. The van der Waals surface area contributed by atoms with Crippen molar-refractivity contribution in [3.63, 3.8) is 0 Å². The van der Waals surface area contributed by atoms with E-state index in [1.165, 1.54) is 28.8 Å². The Morgan fingerprint density at radius 1 is 0.808 bits per heavy atom. The first-order valence-corrected chi connectivity index (χ1v) is 9.08. The van der Waals surface area contributed by atoms with Gasteiger partial charge in [0.2, 0.25) is 17.7 Å². The molecule has 0 heterocycles. The Kier molecular flexibility index (Phi) is 9.87. The second-order valence-corrected chi connectivity index (χ2v) is 7.10. The Morgan fingerprint density at radius 2 is 1.19 bits per heavy atom. The highest BCUT2D eigenvalue weighted by molar-refractivity contribution is 7.80. The van der Waals surface area contributed by atoms with Gasteiger partial charge in [-0.1, -0.05) is 0 Å². The topological polar surface area (TPSA) is 81.2 Å². The first kappa shape index (κ1) is 24.4. The first-order chi connectivity index (χ1) is 11.9. The Balaban J connectivity index is 5.18. The number of aldehydes is 1. The SMILES string of the molecule is CC(C=O)N(C)C(=O)C(C)N(C)C(=O)C(C)N(C)C(=O)C(CS)N(C)C. The van der Waals surface area contributed by atoms with Crippen LogP contribution in [-0.4, -0.2) is 109 Å². The van der Waals surface area contributed by atoms with Crippen molar-refractivity contribution in [2.24, 2.45) is 0 Å². The third kappa shape index (κ3) is 5.70. The molecule has 26 heavy (non-hydrogen) atoms. The van der Waals surface area contributed by atoms with Crippen molar-refractivity contribution in [2.75, 3.05) is 41.0 Å². The minimum absolute atomic E-state index is 0.218. The minimum atomic E-state index is -0.754. The lowest BCUT2D eigenvalue weighted by Crippen LogP contribution is -2.56. The van der Waals surface area contributed by atoms with Crippen LogP contribution in [0.5, 0.6) is 0 Å². The molecule has 0 rings (SSSR count). The molecule has 4 atom stereocenters. The highest BCUT2D eigenvalue weighted by atomic mass is 32.1.